The second-order valence-electron chi connectivity index (χ2n) is 6.57. The third-order valence-corrected chi connectivity index (χ3v) is 4.52. The molecule has 31 heavy (non-hydrogen) atoms. The molecule has 2 heterocycles. The fourth-order valence-corrected chi connectivity index (χ4v) is 3.00. The van der Waals surface area contributed by atoms with E-state index in [1.165, 1.54) is 24.4 Å². The summed E-state index contributed by atoms with van der Waals surface area (Å²) in [6, 6.07) is 14.5. The van der Waals surface area contributed by atoms with E-state index >= 15 is 0 Å². The Morgan fingerprint density at radius 3 is 2.55 bits per heavy atom. The Hall–Kier alpha value is -3.95. The van der Waals surface area contributed by atoms with E-state index in [-0.39, 0.29) is 23.8 Å². The smallest absolute Gasteiger partial charge is 0.417 e. The predicted molar refractivity (Wildman–Crippen MR) is 108 cm³/mol. The van der Waals surface area contributed by atoms with Crippen molar-refractivity contribution in [3.05, 3.63) is 72.1 Å². The van der Waals surface area contributed by atoms with E-state index in [1.54, 1.807) is 7.11 Å². The van der Waals surface area contributed by atoms with Gasteiger partial charge in [-0.15, -0.1) is 5.10 Å². The maximum atomic E-state index is 13.3. The molecule has 2 aromatic heterocycles. The largest absolute Gasteiger partial charge is 0.497 e. The lowest BCUT2D eigenvalue weighted by Gasteiger charge is -2.12. The van der Waals surface area contributed by atoms with Crippen LogP contribution in [-0.4, -0.2) is 32.5 Å². The van der Waals surface area contributed by atoms with Crippen LogP contribution in [0.25, 0.3) is 22.5 Å². The molecule has 0 unspecified atom stereocenters. The molecule has 0 fully saturated rings. The molecule has 158 valence electrons. The first-order valence-electron chi connectivity index (χ1n) is 9.23. The first-order chi connectivity index (χ1) is 14.9. The Balaban J connectivity index is 1.49. The SMILES string of the molecule is COc1ccc(-c2cc(CNc3nncc(-c4ccccc4C(F)(F)F)n3)[nH]n2)cc1. The molecular weight excluding hydrogens is 409 g/mol. The van der Waals surface area contributed by atoms with Crippen LogP contribution in [0.2, 0.25) is 0 Å². The number of nitrogens with zero attached hydrogens (tertiary/aromatic N) is 4. The second kappa shape index (κ2) is 8.42. The van der Waals surface area contributed by atoms with Gasteiger partial charge in [0.05, 0.1) is 42.5 Å². The molecule has 0 aliphatic carbocycles. The van der Waals surface area contributed by atoms with Crippen molar-refractivity contribution in [1.29, 1.82) is 0 Å². The number of aromatic nitrogens is 5. The number of H-pyrrole nitrogens is 1. The van der Waals surface area contributed by atoms with Gasteiger partial charge in [0.25, 0.3) is 0 Å². The number of aromatic amines is 1. The third-order valence-electron chi connectivity index (χ3n) is 4.52. The number of anilines is 1. The summed E-state index contributed by atoms with van der Waals surface area (Å²) in [6.45, 7) is 0.287. The summed E-state index contributed by atoms with van der Waals surface area (Å²) in [4.78, 5) is 4.18. The van der Waals surface area contributed by atoms with E-state index in [4.69, 9.17) is 4.74 Å². The van der Waals surface area contributed by atoms with Gasteiger partial charge in [-0.2, -0.15) is 23.4 Å². The summed E-state index contributed by atoms with van der Waals surface area (Å²) in [6.07, 6.45) is -3.29. The van der Waals surface area contributed by atoms with Gasteiger partial charge in [0.2, 0.25) is 5.95 Å². The van der Waals surface area contributed by atoms with Crippen molar-refractivity contribution in [1.82, 2.24) is 25.4 Å². The van der Waals surface area contributed by atoms with Crippen molar-refractivity contribution < 1.29 is 17.9 Å². The van der Waals surface area contributed by atoms with Crippen molar-refractivity contribution in [2.45, 2.75) is 12.7 Å². The Morgan fingerprint density at radius 2 is 1.81 bits per heavy atom. The summed E-state index contributed by atoms with van der Waals surface area (Å²) < 4.78 is 45.0. The molecule has 2 N–H and O–H groups in total. The quantitative estimate of drug-likeness (QED) is 0.470. The minimum absolute atomic E-state index is 0.0590. The van der Waals surface area contributed by atoms with Gasteiger partial charge >= 0.3 is 6.18 Å². The summed E-state index contributed by atoms with van der Waals surface area (Å²) in [7, 11) is 1.60. The van der Waals surface area contributed by atoms with Gasteiger partial charge in [0.15, 0.2) is 0 Å². The second-order valence-corrected chi connectivity index (χ2v) is 6.57. The number of halogens is 3. The van der Waals surface area contributed by atoms with Crippen molar-refractivity contribution >= 4 is 5.95 Å². The number of alkyl halides is 3. The lowest BCUT2D eigenvalue weighted by atomic mass is 10.0. The molecule has 0 bridgehead atoms. The maximum Gasteiger partial charge on any atom is 0.417 e. The standard InChI is InChI=1S/C21H17F3N6O/c1-31-15-8-6-13(7-9-15)18-10-14(28-29-18)11-25-20-27-19(12-26-30-20)16-4-2-3-5-17(16)21(22,23)24/h2-10,12H,11H2,1H3,(H,28,29)(H,25,27,30). The van der Waals surface area contributed by atoms with Crippen molar-refractivity contribution in [2.24, 2.45) is 0 Å². The van der Waals surface area contributed by atoms with Crippen molar-refractivity contribution in [2.75, 3.05) is 12.4 Å². The fourth-order valence-electron chi connectivity index (χ4n) is 3.00. The van der Waals surface area contributed by atoms with Crippen molar-refractivity contribution in [3.8, 4) is 28.3 Å². The highest BCUT2D eigenvalue weighted by Crippen LogP contribution is 2.36. The highest BCUT2D eigenvalue weighted by atomic mass is 19.4. The van der Waals surface area contributed by atoms with Gasteiger partial charge in [0.1, 0.15) is 5.75 Å². The summed E-state index contributed by atoms with van der Waals surface area (Å²) in [5, 5.41) is 17.8. The maximum absolute atomic E-state index is 13.3. The van der Waals surface area contributed by atoms with Gasteiger partial charge in [-0.3, -0.25) is 5.10 Å². The van der Waals surface area contributed by atoms with Crippen LogP contribution >= 0.6 is 0 Å². The molecule has 0 saturated heterocycles. The van der Waals surface area contributed by atoms with Gasteiger partial charge < -0.3 is 10.1 Å². The molecule has 0 spiro atoms. The number of hydrogen-bond acceptors (Lipinski definition) is 6. The molecule has 0 aliphatic heterocycles. The van der Waals surface area contributed by atoms with E-state index < -0.39 is 11.7 Å². The van der Waals surface area contributed by atoms with Crippen LogP contribution in [0.3, 0.4) is 0 Å². The van der Waals surface area contributed by atoms with E-state index in [1.807, 2.05) is 30.3 Å². The zero-order valence-corrected chi connectivity index (χ0v) is 16.3. The zero-order valence-electron chi connectivity index (χ0n) is 16.3. The number of methoxy groups -OCH3 is 1. The van der Waals surface area contributed by atoms with Crippen LogP contribution in [-0.2, 0) is 12.7 Å². The van der Waals surface area contributed by atoms with Crippen LogP contribution < -0.4 is 10.1 Å². The van der Waals surface area contributed by atoms with Gasteiger partial charge in [-0.25, -0.2) is 4.98 Å². The Kier molecular flexibility index (Phi) is 5.52. The van der Waals surface area contributed by atoms with Crippen LogP contribution in [0.5, 0.6) is 5.75 Å². The van der Waals surface area contributed by atoms with Crippen LogP contribution in [0.15, 0.2) is 60.8 Å². The Labute approximate surface area is 175 Å². The summed E-state index contributed by atoms with van der Waals surface area (Å²) >= 11 is 0. The average Bonchev–Trinajstić information content (AvgIpc) is 3.26. The molecule has 4 rings (SSSR count). The number of nitrogens with one attached hydrogen (secondary N) is 2. The van der Waals surface area contributed by atoms with Gasteiger partial charge in [-0.05, 0) is 36.4 Å². The minimum atomic E-state index is -4.50. The molecule has 4 aromatic rings. The minimum Gasteiger partial charge on any atom is -0.497 e. The molecule has 0 atom stereocenters. The first kappa shape index (κ1) is 20.3. The van der Waals surface area contributed by atoms with Crippen LogP contribution in [0.1, 0.15) is 11.3 Å². The molecular formula is C21H17F3N6O. The molecule has 0 radical (unpaired) electrons. The van der Waals surface area contributed by atoms with Crippen molar-refractivity contribution in [3.63, 3.8) is 0 Å². The van der Waals surface area contributed by atoms with Gasteiger partial charge in [-0.1, -0.05) is 18.2 Å². The molecule has 10 heteroatoms. The molecule has 2 aromatic carbocycles. The van der Waals surface area contributed by atoms with E-state index in [0.29, 0.717) is 0 Å². The van der Waals surface area contributed by atoms with E-state index in [2.05, 4.69) is 30.7 Å². The highest BCUT2D eigenvalue weighted by molar-refractivity contribution is 5.64. The topological polar surface area (TPSA) is 88.6 Å². The molecule has 0 amide bonds. The molecule has 7 nitrogen and oxygen atoms in total. The number of hydrogen-bond donors (Lipinski definition) is 2. The monoisotopic (exact) mass is 426 g/mol. The lowest BCUT2D eigenvalue weighted by Crippen LogP contribution is -2.09. The van der Waals surface area contributed by atoms with Crippen LogP contribution in [0, 0.1) is 0 Å². The number of rotatable bonds is 6. The van der Waals surface area contributed by atoms with Crippen LogP contribution in [0.4, 0.5) is 19.1 Å². The lowest BCUT2D eigenvalue weighted by molar-refractivity contribution is -0.137. The number of benzene rings is 2. The van der Waals surface area contributed by atoms with E-state index in [9.17, 15) is 13.2 Å². The zero-order chi connectivity index (χ0) is 21.8. The highest BCUT2D eigenvalue weighted by Gasteiger charge is 2.33. The normalized spacial score (nSPS) is 11.4. The Morgan fingerprint density at radius 1 is 1.03 bits per heavy atom. The molecule has 0 aliphatic rings. The summed E-state index contributed by atoms with van der Waals surface area (Å²) in [5.41, 5.74) is 1.64. The number of ether oxygens (including phenoxy) is 1. The fraction of sp³-hybridized carbons (Fsp3) is 0.143. The average molecular weight is 426 g/mol. The van der Waals surface area contributed by atoms with Gasteiger partial charge in [0, 0.05) is 11.1 Å². The predicted octanol–water partition coefficient (Wildman–Crippen LogP) is 4.57. The summed E-state index contributed by atoms with van der Waals surface area (Å²) in [5.74, 6) is 0.855. The molecule has 0 saturated carbocycles. The van der Waals surface area contributed by atoms with E-state index in [0.717, 1.165) is 28.8 Å². The Bertz CT molecular complexity index is 1170. The first-order valence-corrected chi connectivity index (χ1v) is 9.23. The third kappa shape index (κ3) is 4.63.